The number of aryl methyl sites for hydroxylation is 1. The van der Waals surface area contributed by atoms with Gasteiger partial charge >= 0.3 is 0 Å². The van der Waals surface area contributed by atoms with Crippen LogP contribution < -0.4 is 10.2 Å². The molecule has 2 aliphatic heterocycles. The van der Waals surface area contributed by atoms with Crippen molar-refractivity contribution in [3.8, 4) is 6.07 Å². The van der Waals surface area contributed by atoms with Gasteiger partial charge in [0.2, 0.25) is 0 Å². The van der Waals surface area contributed by atoms with Crippen LogP contribution in [0.25, 0.3) is 0 Å². The van der Waals surface area contributed by atoms with Gasteiger partial charge in [-0.3, -0.25) is 14.6 Å². The van der Waals surface area contributed by atoms with Gasteiger partial charge in [0.1, 0.15) is 11.6 Å². The largest absolute Gasteiger partial charge is 0.353 e. The quantitative estimate of drug-likeness (QED) is 0.449. The molecule has 0 atom stereocenters. The molecule has 2 saturated heterocycles. The molecule has 9 heteroatoms. The Balaban J connectivity index is 1.08. The third-order valence-electron chi connectivity index (χ3n) is 7.95. The van der Waals surface area contributed by atoms with Gasteiger partial charge in [0.05, 0.1) is 22.2 Å². The van der Waals surface area contributed by atoms with E-state index < -0.39 is 0 Å². The van der Waals surface area contributed by atoms with E-state index in [4.69, 9.17) is 16.9 Å². The Kier molecular flexibility index (Phi) is 8.95. The van der Waals surface area contributed by atoms with E-state index in [1.807, 2.05) is 12.1 Å². The number of piperazine rings is 1. The molecule has 2 fully saturated rings. The number of nitriles is 1. The van der Waals surface area contributed by atoms with Crippen molar-refractivity contribution in [2.45, 2.75) is 38.9 Å². The Hall–Kier alpha value is -3.51. The zero-order valence-electron chi connectivity index (χ0n) is 22.7. The van der Waals surface area contributed by atoms with Gasteiger partial charge in [0.15, 0.2) is 0 Å². The molecule has 5 rings (SSSR count). The summed E-state index contributed by atoms with van der Waals surface area (Å²) in [6, 6.07) is 17.2. The van der Waals surface area contributed by atoms with Crippen LogP contribution in [-0.4, -0.2) is 66.0 Å². The highest BCUT2D eigenvalue weighted by molar-refractivity contribution is 6.33. The van der Waals surface area contributed by atoms with Gasteiger partial charge in [-0.05, 0) is 73.8 Å². The van der Waals surface area contributed by atoms with Gasteiger partial charge in [-0.15, -0.1) is 0 Å². The number of pyridine rings is 1. The third-order valence-corrected chi connectivity index (χ3v) is 8.23. The number of rotatable bonds is 7. The number of hydrogen-bond acceptors (Lipinski definition) is 6. The molecular weight excluding hydrogens is 527 g/mol. The van der Waals surface area contributed by atoms with E-state index >= 15 is 0 Å². The van der Waals surface area contributed by atoms with Crippen LogP contribution in [0.4, 0.5) is 10.2 Å². The lowest BCUT2D eigenvalue weighted by molar-refractivity contribution is 0.0950. The van der Waals surface area contributed by atoms with Crippen LogP contribution in [0, 0.1) is 24.1 Å². The van der Waals surface area contributed by atoms with E-state index in [1.165, 1.54) is 11.6 Å². The molecule has 0 unspecified atom stereocenters. The Morgan fingerprint density at radius 3 is 2.40 bits per heavy atom. The summed E-state index contributed by atoms with van der Waals surface area (Å²) >= 11 is 6.58. The monoisotopic (exact) mass is 560 g/mol. The van der Waals surface area contributed by atoms with E-state index in [9.17, 15) is 9.18 Å². The molecule has 0 spiro atoms. The first-order chi connectivity index (χ1) is 19.4. The highest BCUT2D eigenvalue weighted by Crippen LogP contribution is 2.27. The molecule has 1 aromatic heterocycles. The summed E-state index contributed by atoms with van der Waals surface area (Å²) in [7, 11) is 0. The fraction of sp³-hybridized carbons (Fsp3) is 0.387. The number of halogens is 2. The zero-order chi connectivity index (χ0) is 28.1. The minimum atomic E-state index is -0.294. The predicted molar refractivity (Wildman–Crippen MR) is 155 cm³/mol. The van der Waals surface area contributed by atoms with E-state index in [-0.39, 0.29) is 18.3 Å². The lowest BCUT2D eigenvalue weighted by Crippen LogP contribution is -2.53. The first-order valence-electron chi connectivity index (χ1n) is 13.8. The topological polar surface area (TPSA) is 75.5 Å². The molecule has 2 aromatic carbocycles. The molecule has 0 saturated carbocycles. The van der Waals surface area contributed by atoms with Crippen LogP contribution in [0.2, 0.25) is 5.02 Å². The Morgan fingerprint density at radius 2 is 1.75 bits per heavy atom. The van der Waals surface area contributed by atoms with E-state index in [1.54, 1.807) is 31.3 Å². The molecular formula is C31H34ClFN6O. The maximum Gasteiger partial charge on any atom is 0.253 e. The van der Waals surface area contributed by atoms with Gasteiger partial charge in [-0.2, -0.15) is 5.26 Å². The van der Waals surface area contributed by atoms with Crippen LogP contribution in [-0.2, 0) is 13.1 Å². The average molecular weight is 561 g/mol. The molecule has 3 heterocycles. The number of benzene rings is 2. The number of anilines is 1. The van der Waals surface area contributed by atoms with Crippen molar-refractivity contribution in [1.29, 1.82) is 5.26 Å². The summed E-state index contributed by atoms with van der Waals surface area (Å²) in [5.41, 5.74) is 3.60. The Morgan fingerprint density at radius 1 is 1.05 bits per heavy atom. The maximum atomic E-state index is 13.8. The summed E-state index contributed by atoms with van der Waals surface area (Å²) in [6.45, 7) is 8.58. The molecule has 0 radical (unpaired) electrons. The lowest BCUT2D eigenvalue weighted by Gasteiger charge is -2.43. The van der Waals surface area contributed by atoms with Crippen LogP contribution in [0.15, 0.2) is 54.7 Å². The second-order valence-electron chi connectivity index (χ2n) is 10.6. The average Bonchev–Trinajstić information content (AvgIpc) is 2.98. The van der Waals surface area contributed by atoms with Crippen LogP contribution in [0.5, 0.6) is 0 Å². The fourth-order valence-electron chi connectivity index (χ4n) is 5.50. The van der Waals surface area contributed by atoms with Crippen molar-refractivity contribution in [3.63, 3.8) is 0 Å². The Labute approximate surface area is 240 Å². The molecule has 208 valence electrons. The predicted octanol–water partition coefficient (Wildman–Crippen LogP) is 4.77. The van der Waals surface area contributed by atoms with Gasteiger partial charge < -0.3 is 10.2 Å². The van der Waals surface area contributed by atoms with Gasteiger partial charge in [-0.1, -0.05) is 35.9 Å². The van der Waals surface area contributed by atoms with Crippen molar-refractivity contribution in [3.05, 3.63) is 93.4 Å². The highest BCUT2D eigenvalue weighted by atomic mass is 35.5. The smallest absolute Gasteiger partial charge is 0.253 e. The minimum absolute atomic E-state index is 0.228. The van der Waals surface area contributed by atoms with E-state index in [0.717, 1.165) is 58.7 Å². The van der Waals surface area contributed by atoms with Crippen molar-refractivity contribution < 1.29 is 9.18 Å². The summed E-state index contributed by atoms with van der Waals surface area (Å²) in [5.74, 6) is 0.124. The van der Waals surface area contributed by atoms with Crippen molar-refractivity contribution in [2.24, 2.45) is 0 Å². The summed E-state index contributed by atoms with van der Waals surface area (Å²) in [4.78, 5) is 24.4. The second-order valence-corrected chi connectivity index (χ2v) is 11.0. The number of carbonyl (C=O) groups is 1. The molecule has 1 N–H and O–H groups in total. The van der Waals surface area contributed by atoms with Crippen LogP contribution >= 0.6 is 11.6 Å². The normalized spacial score (nSPS) is 17.0. The first kappa shape index (κ1) is 28.0. The molecule has 7 nitrogen and oxygen atoms in total. The van der Waals surface area contributed by atoms with Gasteiger partial charge in [-0.25, -0.2) is 9.37 Å². The number of carbonyl (C=O) groups excluding carboxylic acids is 1. The van der Waals surface area contributed by atoms with Gasteiger partial charge in [0.25, 0.3) is 5.91 Å². The lowest BCUT2D eigenvalue weighted by atomic mass is 10.0. The first-order valence-corrected chi connectivity index (χ1v) is 14.2. The summed E-state index contributed by atoms with van der Waals surface area (Å²) < 4.78 is 13.8. The minimum Gasteiger partial charge on any atom is -0.353 e. The Bertz CT molecular complexity index is 1380. The van der Waals surface area contributed by atoms with Crippen molar-refractivity contribution in [1.82, 2.24) is 20.1 Å². The molecule has 0 aliphatic carbocycles. The van der Waals surface area contributed by atoms with Crippen LogP contribution in [0.3, 0.4) is 0 Å². The fourth-order valence-corrected chi connectivity index (χ4v) is 5.79. The van der Waals surface area contributed by atoms with Crippen LogP contribution in [0.1, 0.15) is 45.5 Å². The number of nitrogens with zero attached hydrogens (tertiary/aromatic N) is 5. The van der Waals surface area contributed by atoms with Crippen molar-refractivity contribution >= 4 is 23.3 Å². The SMILES string of the molecule is Cc1ccc(CNC(=O)c2cnc(N3CCN(C4CCN(Cc5ccc(C#N)cc5)CC4)CC3)c(Cl)c2)cc1F. The maximum absolute atomic E-state index is 13.8. The number of hydrogen-bond donors (Lipinski definition) is 1. The van der Waals surface area contributed by atoms with E-state index in [2.05, 4.69) is 43.2 Å². The molecule has 0 bridgehead atoms. The zero-order valence-corrected chi connectivity index (χ0v) is 23.5. The van der Waals surface area contributed by atoms with Gasteiger partial charge in [0, 0.05) is 51.5 Å². The number of nitrogens with one attached hydrogen (secondary N) is 1. The molecule has 2 aliphatic rings. The second kappa shape index (κ2) is 12.8. The highest BCUT2D eigenvalue weighted by Gasteiger charge is 2.28. The summed E-state index contributed by atoms with van der Waals surface area (Å²) in [5, 5.41) is 12.3. The standard InChI is InChI=1S/C31H34ClFN6O/c1-22-2-3-25(16-29(22)33)19-36-31(40)26-17-28(32)30(35-20-26)39-14-12-38(13-15-39)27-8-10-37(11-9-27)21-24-6-4-23(18-34)5-7-24/h2-7,16-17,20,27H,8-15,19,21H2,1H3,(H,36,40). The van der Waals surface area contributed by atoms with Crippen molar-refractivity contribution in [2.75, 3.05) is 44.2 Å². The number of likely N-dealkylation sites (tertiary alicyclic amines) is 1. The number of piperidine rings is 1. The molecule has 3 aromatic rings. The molecule has 40 heavy (non-hydrogen) atoms. The number of amides is 1. The third kappa shape index (κ3) is 6.79. The summed E-state index contributed by atoms with van der Waals surface area (Å²) in [6.07, 6.45) is 3.85. The molecule has 1 amide bonds. The number of aromatic nitrogens is 1. The van der Waals surface area contributed by atoms with E-state index in [0.29, 0.717) is 39.1 Å².